The second-order valence-electron chi connectivity index (χ2n) is 24.1. The van der Waals surface area contributed by atoms with Crippen molar-refractivity contribution >= 4 is 10.1 Å². The minimum absolute atomic E-state index is 0.100. The van der Waals surface area contributed by atoms with Crippen LogP contribution >= 0.6 is 0 Å². The summed E-state index contributed by atoms with van der Waals surface area (Å²) in [6, 6.07) is 8.09. The van der Waals surface area contributed by atoms with Crippen molar-refractivity contribution in [1.29, 1.82) is 0 Å². The molecule has 1 rings (SSSR count). The van der Waals surface area contributed by atoms with Crippen molar-refractivity contribution < 1.29 is 34.2 Å². The molecule has 1 N–H and O–H groups in total. The SMILES string of the molecule is C=C[CH2][Ti](=[O])([CH2]C=C)([CH2]CCCCCCCCCCC)([CH2]CCCCCCCCCCC)([CH2]CCCCCCCCCCC)([CH2]C(C)(C)C)([O]O)[O]S(=O)(=O)c1ccccc1. The molecule has 1 aromatic carbocycles. The van der Waals surface area contributed by atoms with E-state index in [0.29, 0.717) is 38.5 Å². The molecule has 0 heterocycles. The fourth-order valence-electron chi connectivity index (χ4n) is 14.4. The molecule has 0 radical (unpaired) electrons. The fourth-order valence-corrected chi connectivity index (χ4v) is 51.1. The van der Waals surface area contributed by atoms with Crippen LogP contribution in [0, 0.1) is 5.41 Å². The Morgan fingerprint density at radius 3 is 1.05 bits per heavy atom. The molecular formula is C53H102O6STi. The molecule has 61 heavy (non-hydrogen) atoms. The zero-order valence-corrected chi connectivity index (χ0v) is 43.7. The summed E-state index contributed by atoms with van der Waals surface area (Å²) in [6.07, 6.45) is 34.2. The molecule has 360 valence electrons. The van der Waals surface area contributed by atoms with Crippen LogP contribution in [0.4, 0.5) is 0 Å². The number of benzene rings is 1. The van der Waals surface area contributed by atoms with Gasteiger partial charge in [0.05, 0.1) is 0 Å². The van der Waals surface area contributed by atoms with Crippen molar-refractivity contribution in [3.05, 3.63) is 55.6 Å². The fraction of sp³-hybridized carbons (Fsp3) is 0.811. The van der Waals surface area contributed by atoms with Crippen LogP contribution in [-0.2, 0) is 30.6 Å². The van der Waals surface area contributed by atoms with E-state index in [-0.39, 0.29) is 23.8 Å². The number of hydrogen-bond acceptors (Lipinski definition) is 6. The van der Waals surface area contributed by atoms with Gasteiger partial charge in [-0.15, -0.1) is 0 Å². The number of hydrogen-bond donors (Lipinski definition) is 1. The molecule has 0 aliphatic carbocycles. The average Bonchev–Trinajstić information content (AvgIpc) is 3.21. The van der Waals surface area contributed by atoms with Gasteiger partial charge >= 0.3 is 373 Å². The molecule has 0 saturated carbocycles. The molecule has 1 aromatic rings. The third-order valence-electron chi connectivity index (χ3n) is 16.8. The van der Waals surface area contributed by atoms with E-state index in [0.717, 1.165) is 57.8 Å². The molecule has 0 aliphatic rings. The topological polar surface area (TPSA) is 89.9 Å². The van der Waals surface area contributed by atoms with Crippen LogP contribution in [0.2, 0.25) is 28.4 Å². The molecule has 0 aliphatic heterocycles. The molecule has 0 bridgehead atoms. The predicted octanol–water partition coefficient (Wildman–Crippen LogP) is 19.6. The van der Waals surface area contributed by atoms with Gasteiger partial charge in [-0.3, -0.25) is 0 Å². The summed E-state index contributed by atoms with van der Waals surface area (Å²) >= 11 is 0. The van der Waals surface area contributed by atoms with Crippen LogP contribution in [0.3, 0.4) is 0 Å². The Morgan fingerprint density at radius 1 is 0.525 bits per heavy atom. The molecule has 0 aromatic heterocycles. The van der Waals surface area contributed by atoms with E-state index < -0.39 is 35.9 Å². The number of allylic oxidation sites excluding steroid dienone is 2. The van der Waals surface area contributed by atoms with Crippen LogP contribution in [0.1, 0.15) is 234 Å². The van der Waals surface area contributed by atoms with Gasteiger partial charge < -0.3 is 0 Å². The summed E-state index contributed by atoms with van der Waals surface area (Å²) in [7, 11) is -14.2. The monoisotopic (exact) mass is 915 g/mol. The first-order valence-electron chi connectivity index (χ1n) is 26.1. The second kappa shape index (κ2) is 22.0. The van der Waals surface area contributed by atoms with Crippen LogP contribution in [-0.4, -0.2) is 13.7 Å². The van der Waals surface area contributed by atoms with Crippen molar-refractivity contribution in [2.75, 3.05) is 0 Å². The van der Waals surface area contributed by atoms with E-state index in [1.807, 2.05) is 20.8 Å². The van der Waals surface area contributed by atoms with Crippen LogP contribution in [0.25, 0.3) is 0 Å². The molecule has 8 heteroatoms. The van der Waals surface area contributed by atoms with Gasteiger partial charge in [-0.25, -0.2) is 0 Å². The minimum atomic E-state index is -9.39. The third kappa shape index (κ3) is 14.5. The molecule has 6 nitrogen and oxygen atoms in total. The summed E-state index contributed by atoms with van der Waals surface area (Å²) in [4.78, 5) is -0.100. The molecule has 0 atom stereocenters. The summed E-state index contributed by atoms with van der Waals surface area (Å²) in [5.41, 5.74) is -0.832. The van der Waals surface area contributed by atoms with E-state index in [2.05, 4.69) is 33.9 Å². The quantitative estimate of drug-likeness (QED) is 0.0231. The molecule has 0 unspecified atom stereocenters. The van der Waals surface area contributed by atoms with Gasteiger partial charge in [0.15, 0.2) is 0 Å². The first-order chi connectivity index (χ1) is 28.8. The maximum absolute atomic E-state index is 19.8. The first-order valence-corrected chi connectivity index (χ1v) is 36.1. The van der Waals surface area contributed by atoms with E-state index >= 15 is 11.7 Å². The second-order valence-corrected chi connectivity index (χ2v) is 51.4. The summed E-state index contributed by atoms with van der Waals surface area (Å²) in [5.74, 6) is 0. The van der Waals surface area contributed by atoms with E-state index in [1.54, 1.807) is 30.4 Å². The van der Waals surface area contributed by atoms with E-state index in [1.165, 1.54) is 108 Å². The van der Waals surface area contributed by atoms with Gasteiger partial charge in [-0.05, 0) is 0 Å². The normalized spacial score (nSPS) is 16.1. The third-order valence-corrected chi connectivity index (χ3v) is 49.2. The van der Waals surface area contributed by atoms with Gasteiger partial charge in [-0.2, -0.15) is 0 Å². The summed E-state index contributed by atoms with van der Waals surface area (Å²) in [5, 5.41) is 12.8. The van der Waals surface area contributed by atoms with Crippen molar-refractivity contribution in [3.8, 4) is 0 Å². The molecule has 0 fully saturated rings. The Bertz CT molecular complexity index is 1650. The Balaban J connectivity index is 4.14. The van der Waals surface area contributed by atoms with E-state index in [4.69, 9.17) is 6.23 Å². The Kier molecular flexibility index (Phi) is 21.0. The molecule has 0 amide bonds. The van der Waals surface area contributed by atoms with Gasteiger partial charge in [-0.1, -0.05) is 0 Å². The number of unbranched alkanes of at least 4 members (excludes halogenated alkanes) is 27. The van der Waals surface area contributed by atoms with Crippen LogP contribution < -0.4 is 0 Å². The summed E-state index contributed by atoms with van der Waals surface area (Å²) < 4.78 is 62.9. The van der Waals surface area contributed by atoms with Gasteiger partial charge in [0.25, 0.3) is 0 Å². The molecule has 0 saturated heterocycles. The van der Waals surface area contributed by atoms with E-state index in [9.17, 15) is 5.26 Å². The van der Waals surface area contributed by atoms with Gasteiger partial charge in [0.1, 0.15) is 0 Å². The Labute approximate surface area is 370 Å². The van der Waals surface area contributed by atoms with Crippen molar-refractivity contribution in [2.45, 2.75) is 267 Å². The van der Waals surface area contributed by atoms with Crippen LogP contribution in [0.5, 0.6) is 0 Å². The van der Waals surface area contributed by atoms with Crippen LogP contribution in [0.15, 0.2) is 60.5 Å². The average molecular weight is 915 g/mol. The zero-order valence-electron chi connectivity index (χ0n) is 41.3. The van der Waals surface area contributed by atoms with Crippen molar-refractivity contribution in [3.63, 3.8) is 0 Å². The molecular weight excluding hydrogens is 813 g/mol. The standard InChI is InChI=1S/3C12H25.C6H6O3S.C5H11.2C3H5.H2O2.O.Ti/c3*1-3-5-7-9-11-12-10-8-6-4-2;7-10(8,9)6-4-2-1-3-5-6;1-5(2,3)4;2*1-3-2;1-2;;/h3*1,3-12H2,2H3;1-5H,(H,7,8,9);1H2,2-4H3;2*3H,1-2H2;1-2H;;/q;;;;;;;;;+2/p-2. The first kappa shape index (κ1) is 58.1. The Hall–Kier alpha value is -0.956. The van der Waals surface area contributed by atoms with Crippen molar-refractivity contribution in [2.24, 2.45) is 5.41 Å². The van der Waals surface area contributed by atoms with Gasteiger partial charge in [0, 0.05) is 0 Å². The number of rotatable bonds is 42. The molecule has 0 spiro atoms. The zero-order chi connectivity index (χ0) is 45.7. The predicted molar refractivity (Wildman–Crippen MR) is 263 cm³/mol. The van der Waals surface area contributed by atoms with Gasteiger partial charge in [0.2, 0.25) is 0 Å². The summed E-state index contributed by atoms with van der Waals surface area (Å²) in [6.45, 7) is 21.2. The van der Waals surface area contributed by atoms with Crippen molar-refractivity contribution in [1.82, 2.24) is 0 Å². The maximum atomic E-state index is 19.8. The Morgan fingerprint density at radius 2 is 0.803 bits per heavy atom.